The third-order valence-corrected chi connectivity index (χ3v) is 7.31. The molecule has 2 nitrogen and oxygen atoms in total. The summed E-state index contributed by atoms with van der Waals surface area (Å²) >= 11 is 0. The number of hydrogen-bond donors (Lipinski definition) is 0. The van der Waals surface area contributed by atoms with Crippen LogP contribution in [-0.2, 0) is 0 Å². The molecule has 0 radical (unpaired) electrons. The molecule has 164 valence electrons. The molecule has 0 bridgehead atoms. The van der Waals surface area contributed by atoms with Gasteiger partial charge < -0.3 is 9.80 Å². The van der Waals surface area contributed by atoms with Gasteiger partial charge in [-0.2, -0.15) is 0 Å². The minimum absolute atomic E-state index is 0.328. The minimum Gasteiger partial charge on any atom is -0.341 e. The molecule has 4 aliphatic rings. The summed E-state index contributed by atoms with van der Waals surface area (Å²) in [5.74, 6) is 0.822. The molecule has 33 heavy (non-hydrogen) atoms. The Kier molecular flexibility index (Phi) is 5.14. The third kappa shape index (κ3) is 3.51. The molecule has 0 amide bonds. The Labute approximate surface area is 197 Å². The summed E-state index contributed by atoms with van der Waals surface area (Å²) in [5.41, 5.74) is 8.17. The van der Waals surface area contributed by atoms with Crippen LogP contribution in [0, 0.1) is 5.92 Å². The van der Waals surface area contributed by atoms with Crippen molar-refractivity contribution >= 4 is 17.1 Å². The number of allylic oxidation sites excluding steroid dienone is 9. The van der Waals surface area contributed by atoms with E-state index in [-0.39, 0.29) is 0 Å². The summed E-state index contributed by atoms with van der Waals surface area (Å²) in [6.07, 6.45) is 24.9. The maximum atomic E-state index is 2.53. The van der Waals surface area contributed by atoms with Crippen LogP contribution in [0.4, 0.5) is 17.1 Å². The summed E-state index contributed by atoms with van der Waals surface area (Å²) in [5, 5.41) is 0. The predicted molar refractivity (Wildman–Crippen MR) is 140 cm³/mol. The standard InChI is InChI=1S/C31H30N2/c1-23-12-3-2-10-21-32(29-18-7-4-15-26(23)29)24-13-11-14-25(22-24)33-30-19-8-5-16-27(30)28-17-6-9-20-31(28)33/h2-6,8-17,19-20,22-23,27,30H,7,18,21H2,1H3/b10-2-,12-3-. The van der Waals surface area contributed by atoms with E-state index in [0.717, 1.165) is 19.4 Å². The summed E-state index contributed by atoms with van der Waals surface area (Å²) in [4.78, 5) is 5.05. The van der Waals surface area contributed by atoms with Crippen LogP contribution in [0.15, 0.2) is 121 Å². The molecular weight excluding hydrogens is 400 g/mol. The quantitative estimate of drug-likeness (QED) is 0.484. The lowest BCUT2D eigenvalue weighted by atomic mass is 9.91. The Balaban J connectivity index is 1.44. The zero-order valence-corrected chi connectivity index (χ0v) is 19.1. The van der Waals surface area contributed by atoms with Crippen molar-refractivity contribution in [2.45, 2.75) is 31.7 Å². The fourth-order valence-electron chi connectivity index (χ4n) is 5.73. The van der Waals surface area contributed by atoms with Crippen molar-refractivity contribution in [2.24, 2.45) is 5.92 Å². The Morgan fingerprint density at radius 3 is 2.64 bits per heavy atom. The highest BCUT2D eigenvalue weighted by atomic mass is 15.2. The molecule has 2 aliphatic carbocycles. The van der Waals surface area contributed by atoms with Crippen LogP contribution in [0.25, 0.3) is 0 Å². The van der Waals surface area contributed by atoms with Crippen molar-refractivity contribution in [1.29, 1.82) is 0 Å². The van der Waals surface area contributed by atoms with Gasteiger partial charge in [-0.15, -0.1) is 0 Å². The first kappa shape index (κ1) is 20.1. The van der Waals surface area contributed by atoms with Crippen molar-refractivity contribution in [3.05, 3.63) is 126 Å². The van der Waals surface area contributed by atoms with Crippen LogP contribution in [0.1, 0.15) is 31.2 Å². The number of anilines is 3. The number of para-hydroxylation sites is 1. The maximum Gasteiger partial charge on any atom is 0.0629 e. The maximum absolute atomic E-state index is 2.53. The van der Waals surface area contributed by atoms with Gasteiger partial charge in [-0.25, -0.2) is 0 Å². The van der Waals surface area contributed by atoms with Gasteiger partial charge in [0.05, 0.1) is 6.04 Å². The second kappa shape index (κ2) is 8.44. The number of benzene rings is 2. The molecule has 0 saturated carbocycles. The van der Waals surface area contributed by atoms with Crippen molar-refractivity contribution < 1.29 is 0 Å². The second-order valence-electron chi connectivity index (χ2n) is 9.29. The number of rotatable bonds is 2. The molecule has 2 heterocycles. The van der Waals surface area contributed by atoms with E-state index in [1.807, 2.05) is 0 Å². The Hall–Kier alpha value is -3.52. The SMILES string of the molecule is CC1/C=C\C=C/CN(c2cccc(N3c4ccccc4C4C=CC=CC43)c2)C2=C1C=CCC2. The van der Waals surface area contributed by atoms with E-state index in [0.29, 0.717) is 17.9 Å². The molecule has 2 aromatic carbocycles. The molecule has 3 atom stereocenters. The topological polar surface area (TPSA) is 6.48 Å². The molecular formula is C31H30N2. The van der Waals surface area contributed by atoms with Crippen LogP contribution in [0.2, 0.25) is 0 Å². The zero-order chi connectivity index (χ0) is 22.2. The van der Waals surface area contributed by atoms with Crippen molar-refractivity contribution in [3.8, 4) is 0 Å². The van der Waals surface area contributed by atoms with Gasteiger partial charge in [-0.05, 0) is 48.2 Å². The van der Waals surface area contributed by atoms with Crippen LogP contribution in [0.3, 0.4) is 0 Å². The second-order valence-corrected chi connectivity index (χ2v) is 9.29. The van der Waals surface area contributed by atoms with Crippen molar-refractivity contribution in [1.82, 2.24) is 0 Å². The normalized spacial score (nSPS) is 27.4. The van der Waals surface area contributed by atoms with E-state index in [9.17, 15) is 0 Å². The van der Waals surface area contributed by atoms with E-state index < -0.39 is 0 Å². The summed E-state index contributed by atoms with van der Waals surface area (Å²) in [6.45, 7) is 3.19. The first-order chi connectivity index (χ1) is 16.3. The van der Waals surface area contributed by atoms with Crippen LogP contribution in [0.5, 0.6) is 0 Å². The van der Waals surface area contributed by atoms with Gasteiger partial charge in [0.15, 0.2) is 0 Å². The van der Waals surface area contributed by atoms with Crippen molar-refractivity contribution in [2.75, 3.05) is 16.3 Å². The predicted octanol–water partition coefficient (Wildman–Crippen LogP) is 7.59. The van der Waals surface area contributed by atoms with E-state index in [1.165, 1.54) is 33.9 Å². The van der Waals surface area contributed by atoms with Gasteiger partial charge in [0.2, 0.25) is 0 Å². The Bertz CT molecular complexity index is 1240. The van der Waals surface area contributed by atoms with Gasteiger partial charge in [-0.3, -0.25) is 0 Å². The molecule has 2 aliphatic heterocycles. The highest BCUT2D eigenvalue weighted by molar-refractivity contribution is 5.77. The molecule has 6 rings (SSSR count). The molecule has 0 saturated heterocycles. The smallest absolute Gasteiger partial charge is 0.0629 e. The fourth-order valence-corrected chi connectivity index (χ4v) is 5.73. The molecule has 0 spiro atoms. The molecule has 0 aromatic heterocycles. The monoisotopic (exact) mass is 430 g/mol. The number of hydrogen-bond acceptors (Lipinski definition) is 2. The van der Waals surface area contributed by atoms with Crippen LogP contribution >= 0.6 is 0 Å². The van der Waals surface area contributed by atoms with Gasteiger partial charge >= 0.3 is 0 Å². The van der Waals surface area contributed by atoms with E-state index >= 15 is 0 Å². The lowest BCUT2D eigenvalue weighted by molar-refractivity contribution is 0.744. The van der Waals surface area contributed by atoms with Crippen molar-refractivity contribution in [3.63, 3.8) is 0 Å². The van der Waals surface area contributed by atoms with Gasteiger partial charge in [0.25, 0.3) is 0 Å². The molecule has 0 N–H and O–H groups in total. The largest absolute Gasteiger partial charge is 0.341 e. The summed E-state index contributed by atoms with van der Waals surface area (Å²) in [7, 11) is 0. The third-order valence-electron chi connectivity index (χ3n) is 7.31. The van der Waals surface area contributed by atoms with Crippen LogP contribution in [-0.4, -0.2) is 12.6 Å². The van der Waals surface area contributed by atoms with E-state index in [2.05, 4.69) is 126 Å². The minimum atomic E-state index is 0.328. The van der Waals surface area contributed by atoms with E-state index in [4.69, 9.17) is 0 Å². The molecule has 0 fully saturated rings. The van der Waals surface area contributed by atoms with Gasteiger partial charge in [0, 0.05) is 41.1 Å². The number of nitrogens with zero attached hydrogens (tertiary/aromatic N) is 2. The molecule has 2 aromatic rings. The van der Waals surface area contributed by atoms with Gasteiger partial charge in [0.1, 0.15) is 0 Å². The fraction of sp³-hybridized carbons (Fsp3) is 0.226. The van der Waals surface area contributed by atoms with Crippen LogP contribution < -0.4 is 9.80 Å². The first-order valence-corrected chi connectivity index (χ1v) is 12.1. The Morgan fingerprint density at radius 1 is 0.818 bits per heavy atom. The Morgan fingerprint density at radius 2 is 1.67 bits per heavy atom. The van der Waals surface area contributed by atoms with Gasteiger partial charge in [-0.1, -0.05) is 91.9 Å². The zero-order valence-electron chi connectivity index (χ0n) is 19.1. The lowest BCUT2D eigenvalue weighted by Crippen LogP contribution is -2.29. The first-order valence-electron chi connectivity index (χ1n) is 12.1. The highest BCUT2D eigenvalue weighted by Crippen LogP contribution is 2.48. The molecule has 2 heteroatoms. The lowest BCUT2D eigenvalue weighted by Gasteiger charge is -2.33. The average molecular weight is 431 g/mol. The summed E-state index contributed by atoms with van der Waals surface area (Å²) in [6, 6.07) is 18.3. The highest BCUT2D eigenvalue weighted by Gasteiger charge is 2.37. The molecule has 3 unspecified atom stereocenters. The average Bonchev–Trinajstić information content (AvgIpc) is 3.23. The number of fused-ring (bicyclic) bond motifs is 3. The van der Waals surface area contributed by atoms with E-state index in [1.54, 1.807) is 0 Å². The summed E-state index contributed by atoms with van der Waals surface area (Å²) < 4.78 is 0.